The van der Waals surface area contributed by atoms with Crippen LogP contribution in [0, 0.1) is 12.3 Å². The second-order valence-electron chi connectivity index (χ2n) is 26.6. The molecule has 4 heteroatoms. The summed E-state index contributed by atoms with van der Waals surface area (Å²) in [7, 11) is 0. The fraction of sp³-hybridized carbons (Fsp3) is 0.382. The third-order valence-electron chi connectivity index (χ3n) is 20.7. The van der Waals surface area contributed by atoms with Gasteiger partial charge in [0.25, 0.3) is 0 Å². The maximum absolute atomic E-state index is 6.52. The number of hydrogen-bond acceptors (Lipinski definition) is 3. The van der Waals surface area contributed by atoms with Crippen LogP contribution in [0.5, 0.6) is 0 Å². The van der Waals surface area contributed by atoms with Gasteiger partial charge in [-0.25, -0.2) is 0 Å². The van der Waals surface area contributed by atoms with E-state index in [4.69, 9.17) is 4.42 Å². The van der Waals surface area contributed by atoms with Gasteiger partial charge >= 0.3 is 0 Å². The van der Waals surface area contributed by atoms with Gasteiger partial charge in [-0.2, -0.15) is 0 Å². The highest BCUT2D eigenvalue weighted by atomic mass is 16.3. The first-order valence-electron chi connectivity index (χ1n) is 27.5. The van der Waals surface area contributed by atoms with Crippen LogP contribution in [0.25, 0.3) is 21.9 Å². The van der Waals surface area contributed by atoms with Gasteiger partial charge in [-0.15, -0.1) is 0 Å². The summed E-state index contributed by atoms with van der Waals surface area (Å²) < 4.78 is 6.52. The molecule has 3 unspecified atom stereocenters. The Morgan fingerprint density at radius 1 is 0.500 bits per heavy atom. The second kappa shape index (κ2) is 14.6. The van der Waals surface area contributed by atoms with Gasteiger partial charge in [-0.1, -0.05) is 148 Å². The van der Waals surface area contributed by atoms with E-state index in [1.165, 1.54) is 130 Å². The molecule has 3 heterocycles. The molecule has 72 heavy (non-hydrogen) atoms. The third-order valence-corrected chi connectivity index (χ3v) is 20.7. The topological polar surface area (TPSA) is 19.6 Å². The first kappa shape index (κ1) is 44.7. The molecule has 14 rings (SSSR count). The van der Waals surface area contributed by atoms with Gasteiger partial charge in [0.1, 0.15) is 11.2 Å². The Hall–Kier alpha value is -6.00. The van der Waals surface area contributed by atoms with Gasteiger partial charge in [-0.3, -0.25) is 0 Å². The summed E-state index contributed by atoms with van der Waals surface area (Å²) in [6.07, 6.45) is 9.85. The lowest BCUT2D eigenvalue weighted by molar-refractivity contribution is 0.0926. The summed E-state index contributed by atoms with van der Waals surface area (Å²) in [4.78, 5) is 5.27. The molecule has 4 aliphatic carbocycles. The molecular formula is C68H71BN2O. The molecule has 362 valence electrons. The smallest absolute Gasteiger partial charge is 0.247 e. The Morgan fingerprint density at radius 3 is 1.81 bits per heavy atom. The Balaban J connectivity index is 1.05. The minimum Gasteiger partial charge on any atom is -0.456 e. The van der Waals surface area contributed by atoms with Crippen LogP contribution in [0.4, 0.5) is 34.1 Å². The zero-order valence-electron chi connectivity index (χ0n) is 44.7. The van der Waals surface area contributed by atoms with E-state index in [-0.39, 0.29) is 39.2 Å². The maximum atomic E-state index is 6.52. The van der Waals surface area contributed by atoms with Crippen LogP contribution in [0.3, 0.4) is 0 Å². The predicted molar refractivity (Wildman–Crippen MR) is 305 cm³/mol. The van der Waals surface area contributed by atoms with Gasteiger partial charge in [-0.05, 0) is 200 Å². The Bertz CT molecular complexity index is 3560. The molecule has 8 aromatic rings. The van der Waals surface area contributed by atoms with Crippen molar-refractivity contribution < 1.29 is 4.42 Å². The van der Waals surface area contributed by atoms with Gasteiger partial charge < -0.3 is 14.2 Å². The van der Waals surface area contributed by atoms with Crippen LogP contribution in [0.2, 0.25) is 0 Å². The van der Waals surface area contributed by atoms with E-state index in [1.807, 2.05) is 0 Å². The number of benzene rings is 7. The van der Waals surface area contributed by atoms with Crippen molar-refractivity contribution >= 4 is 79.2 Å². The minimum atomic E-state index is 0.0661. The number of nitrogens with zero attached hydrogens (tertiary/aromatic N) is 2. The molecule has 2 aliphatic heterocycles. The van der Waals surface area contributed by atoms with Crippen molar-refractivity contribution in [1.29, 1.82) is 0 Å². The highest BCUT2D eigenvalue weighted by Gasteiger charge is 2.62. The molecule has 0 bridgehead atoms. The molecule has 0 N–H and O–H groups in total. The SMILES string of the molecule is Cc1cc2c3c(c1)N(c1ccc4oc5ccccc5c4c1)c1cc(N(c4ccc5c(c4)C(C)(C)CCC5(C)C)c4ccc5c(c4)C(C)(C)CCC5(C)C)ccc1B3c1cccc3c1C2C1(C)CCCCC31C. The molecule has 0 spiro atoms. The summed E-state index contributed by atoms with van der Waals surface area (Å²) in [5, 5.41) is 2.31. The molecule has 0 amide bonds. The van der Waals surface area contributed by atoms with E-state index in [1.54, 1.807) is 16.7 Å². The van der Waals surface area contributed by atoms with E-state index in [9.17, 15) is 0 Å². The van der Waals surface area contributed by atoms with Crippen molar-refractivity contribution in [2.75, 3.05) is 9.80 Å². The van der Waals surface area contributed by atoms with Crippen molar-refractivity contribution in [3.63, 3.8) is 0 Å². The molecular weight excluding hydrogens is 872 g/mol. The first-order chi connectivity index (χ1) is 34.3. The Labute approximate surface area is 429 Å². The lowest BCUT2D eigenvalue weighted by Crippen LogP contribution is -2.62. The standard InChI is InChI=1S/C68H71BN2O/c1-41-35-48-61-60-51(67(10)29-14-15-30-68(61,67)11)18-16-19-55(60)69-54-27-23-45(40-56(54)71(57(36-41)62(48)69)42-24-28-59-47(37-42)46-17-12-13-20-58(46)72-59)70(43-21-25-49-52(38-43)65(6,7)33-31-63(49,2)3)44-22-26-50-53(39-44)66(8,9)34-32-64(50,4)5/h12-13,16-28,35-40,61H,14-15,29-34H2,1-11H3. The highest BCUT2D eigenvalue weighted by molar-refractivity contribution is 6.99. The van der Waals surface area contributed by atoms with Gasteiger partial charge in [0, 0.05) is 50.8 Å². The van der Waals surface area contributed by atoms with Gasteiger partial charge in [0.15, 0.2) is 0 Å². The fourth-order valence-electron chi connectivity index (χ4n) is 16.2. The number of rotatable bonds is 4. The summed E-state index contributed by atoms with van der Waals surface area (Å²) in [6.45, 7) is 27.4. The third kappa shape index (κ3) is 5.93. The van der Waals surface area contributed by atoms with Crippen molar-refractivity contribution in [2.24, 2.45) is 5.41 Å². The van der Waals surface area contributed by atoms with Crippen LogP contribution in [0.1, 0.15) is 171 Å². The van der Waals surface area contributed by atoms with Crippen molar-refractivity contribution in [1.82, 2.24) is 0 Å². The summed E-state index contributed by atoms with van der Waals surface area (Å²) in [5.74, 6) is 0.355. The predicted octanol–water partition coefficient (Wildman–Crippen LogP) is 16.7. The summed E-state index contributed by atoms with van der Waals surface area (Å²) in [5.41, 5.74) is 26.4. The van der Waals surface area contributed by atoms with Crippen molar-refractivity contribution in [2.45, 2.75) is 161 Å². The largest absolute Gasteiger partial charge is 0.456 e. The lowest BCUT2D eigenvalue weighted by atomic mass is 9.30. The van der Waals surface area contributed by atoms with Gasteiger partial charge in [0.2, 0.25) is 6.71 Å². The maximum Gasteiger partial charge on any atom is 0.247 e. The average molecular weight is 943 g/mol. The van der Waals surface area contributed by atoms with Crippen LogP contribution >= 0.6 is 0 Å². The number of para-hydroxylation sites is 1. The molecule has 1 fully saturated rings. The van der Waals surface area contributed by atoms with Crippen LogP contribution < -0.4 is 26.2 Å². The van der Waals surface area contributed by atoms with Crippen LogP contribution in [-0.4, -0.2) is 6.71 Å². The number of fused-ring (bicyclic) bond motifs is 12. The van der Waals surface area contributed by atoms with Crippen molar-refractivity contribution in [3.8, 4) is 0 Å². The fourth-order valence-corrected chi connectivity index (χ4v) is 16.2. The van der Waals surface area contributed by atoms with Crippen molar-refractivity contribution in [3.05, 3.63) is 172 Å². The summed E-state index contributed by atoms with van der Waals surface area (Å²) >= 11 is 0. The number of hydrogen-bond donors (Lipinski definition) is 0. The van der Waals surface area contributed by atoms with Crippen LogP contribution in [-0.2, 0) is 27.1 Å². The van der Waals surface area contributed by atoms with E-state index < -0.39 is 0 Å². The number of furan rings is 1. The van der Waals surface area contributed by atoms with E-state index in [0.29, 0.717) is 5.92 Å². The molecule has 0 radical (unpaired) electrons. The summed E-state index contributed by atoms with van der Waals surface area (Å²) in [6, 6.07) is 50.6. The molecule has 7 aromatic carbocycles. The normalized spacial score (nSPS) is 24.2. The van der Waals surface area contributed by atoms with E-state index >= 15 is 0 Å². The monoisotopic (exact) mass is 943 g/mol. The highest BCUT2D eigenvalue weighted by Crippen LogP contribution is 2.67. The molecule has 3 atom stereocenters. The quantitative estimate of drug-likeness (QED) is 0.164. The average Bonchev–Trinajstić information content (AvgIpc) is 3.83. The first-order valence-corrected chi connectivity index (χ1v) is 27.5. The van der Waals surface area contributed by atoms with E-state index in [0.717, 1.165) is 21.9 Å². The number of anilines is 6. The molecule has 3 nitrogen and oxygen atoms in total. The zero-order chi connectivity index (χ0) is 49.6. The van der Waals surface area contributed by atoms with Crippen LogP contribution in [0.15, 0.2) is 132 Å². The number of aryl methyl sites for hydroxylation is 1. The Kier molecular flexibility index (Phi) is 9.07. The zero-order valence-corrected chi connectivity index (χ0v) is 44.7. The minimum absolute atomic E-state index is 0.0661. The molecule has 1 aromatic heterocycles. The van der Waals surface area contributed by atoms with Gasteiger partial charge in [0.05, 0.1) is 0 Å². The Morgan fingerprint density at radius 2 is 1.11 bits per heavy atom. The second-order valence-corrected chi connectivity index (χ2v) is 26.6. The molecule has 6 aliphatic rings. The molecule has 0 saturated heterocycles. The molecule has 1 saturated carbocycles. The van der Waals surface area contributed by atoms with E-state index in [2.05, 4.69) is 213 Å². The lowest BCUT2D eigenvalue weighted by Gasteiger charge is -2.51.